The molecule has 1 saturated heterocycles. The Balaban J connectivity index is 2.56. The lowest BCUT2D eigenvalue weighted by Gasteiger charge is -2.37. The van der Waals surface area contributed by atoms with Crippen molar-refractivity contribution in [2.45, 2.75) is 32.7 Å². The Morgan fingerprint density at radius 3 is 2.67 bits per heavy atom. The van der Waals surface area contributed by atoms with Gasteiger partial charge in [-0.1, -0.05) is 13.3 Å². The highest BCUT2D eigenvalue weighted by Crippen LogP contribution is 2.22. The van der Waals surface area contributed by atoms with Crippen molar-refractivity contribution >= 4 is 10.0 Å². The molecule has 1 aliphatic heterocycles. The largest absolute Gasteiger partial charge is 0.381 e. The molecule has 1 fully saturated rings. The molecule has 0 saturated carbocycles. The number of piperidine rings is 1. The molecule has 1 aliphatic rings. The van der Waals surface area contributed by atoms with Crippen LogP contribution in [0.5, 0.6) is 0 Å². The van der Waals surface area contributed by atoms with Gasteiger partial charge < -0.3 is 10.1 Å². The summed E-state index contributed by atoms with van der Waals surface area (Å²) < 4.78 is 31.1. The molecule has 2 unspecified atom stereocenters. The van der Waals surface area contributed by atoms with E-state index in [1.54, 1.807) is 4.31 Å². The fourth-order valence-corrected chi connectivity index (χ4v) is 3.87. The van der Waals surface area contributed by atoms with Gasteiger partial charge >= 0.3 is 0 Å². The van der Waals surface area contributed by atoms with E-state index in [4.69, 9.17) is 4.74 Å². The number of hydrogen-bond acceptors (Lipinski definition) is 4. The minimum atomic E-state index is -3.15. The first-order chi connectivity index (χ1) is 8.55. The van der Waals surface area contributed by atoms with Crippen molar-refractivity contribution in [1.29, 1.82) is 0 Å². The second kappa shape index (κ2) is 7.43. The summed E-state index contributed by atoms with van der Waals surface area (Å²) in [6.07, 6.45) is 1.89. The SMILES string of the molecule is CCOCCS(=O)(=O)N1CCC(NC)C(CC)C1. The van der Waals surface area contributed by atoms with Crippen LogP contribution in [0.4, 0.5) is 0 Å². The van der Waals surface area contributed by atoms with Crippen LogP contribution in [0.25, 0.3) is 0 Å². The van der Waals surface area contributed by atoms with E-state index in [0.29, 0.717) is 38.3 Å². The summed E-state index contributed by atoms with van der Waals surface area (Å²) in [4.78, 5) is 0. The molecule has 108 valence electrons. The number of nitrogens with one attached hydrogen (secondary N) is 1. The van der Waals surface area contributed by atoms with Gasteiger partial charge in [-0.15, -0.1) is 0 Å². The number of sulfonamides is 1. The lowest BCUT2D eigenvalue weighted by Crippen LogP contribution is -2.50. The first-order valence-electron chi connectivity index (χ1n) is 6.78. The van der Waals surface area contributed by atoms with Gasteiger partial charge in [-0.25, -0.2) is 12.7 Å². The fraction of sp³-hybridized carbons (Fsp3) is 1.00. The van der Waals surface area contributed by atoms with Gasteiger partial charge in [0.25, 0.3) is 0 Å². The topological polar surface area (TPSA) is 58.6 Å². The van der Waals surface area contributed by atoms with Crippen molar-refractivity contribution < 1.29 is 13.2 Å². The van der Waals surface area contributed by atoms with Crippen molar-refractivity contribution in [3.63, 3.8) is 0 Å². The van der Waals surface area contributed by atoms with Gasteiger partial charge in [0.1, 0.15) is 0 Å². The third-order valence-corrected chi connectivity index (χ3v) is 5.48. The normalized spacial score (nSPS) is 26.4. The summed E-state index contributed by atoms with van der Waals surface area (Å²) in [5.74, 6) is 0.507. The van der Waals surface area contributed by atoms with Crippen molar-refractivity contribution in [2.75, 3.05) is 39.1 Å². The van der Waals surface area contributed by atoms with E-state index in [1.165, 1.54) is 0 Å². The fourth-order valence-electron chi connectivity index (χ4n) is 2.48. The third kappa shape index (κ3) is 4.19. The molecule has 1 heterocycles. The van der Waals surface area contributed by atoms with Gasteiger partial charge in [-0.3, -0.25) is 0 Å². The van der Waals surface area contributed by atoms with Crippen LogP contribution in [0.15, 0.2) is 0 Å². The van der Waals surface area contributed by atoms with E-state index < -0.39 is 10.0 Å². The zero-order valence-electron chi connectivity index (χ0n) is 11.7. The first kappa shape index (κ1) is 15.9. The average Bonchev–Trinajstić information content (AvgIpc) is 2.38. The maximum Gasteiger partial charge on any atom is 0.216 e. The third-order valence-electron chi connectivity index (χ3n) is 3.67. The molecule has 0 radical (unpaired) electrons. The standard InChI is InChI=1S/C12H26N2O3S/c1-4-11-10-14(7-6-12(11)13-3)18(15,16)9-8-17-5-2/h11-13H,4-10H2,1-3H3. The Morgan fingerprint density at radius 1 is 1.39 bits per heavy atom. The van der Waals surface area contributed by atoms with Crippen molar-refractivity contribution in [1.82, 2.24) is 9.62 Å². The van der Waals surface area contributed by atoms with Crippen LogP contribution in [0.1, 0.15) is 26.7 Å². The monoisotopic (exact) mass is 278 g/mol. The molecule has 0 aromatic carbocycles. The summed E-state index contributed by atoms with van der Waals surface area (Å²) in [7, 11) is -1.20. The quantitative estimate of drug-likeness (QED) is 0.696. The van der Waals surface area contributed by atoms with Crippen LogP contribution in [0.2, 0.25) is 0 Å². The zero-order valence-corrected chi connectivity index (χ0v) is 12.5. The minimum absolute atomic E-state index is 0.0987. The van der Waals surface area contributed by atoms with Crippen molar-refractivity contribution in [2.24, 2.45) is 5.92 Å². The van der Waals surface area contributed by atoms with E-state index in [-0.39, 0.29) is 5.75 Å². The summed E-state index contributed by atoms with van der Waals surface area (Å²) in [5.41, 5.74) is 0. The van der Waals surface area contributed by atoms with Crippen LogP contribution < -0.4 is 5.32 Å². The van der Waals surface area contributed by atoms with Gasteiger partial charge in [0, 0.05) is 25.7 Å². The van der Waals surface area contributed by atoms with Crippen LogP contribution >= 0.6 is 0 Å². The van der Waals surface area contributed by atoms with Crippen molar-refractivity contribution in [3.05, 3.63) is 0 Å². The number of rotatable bonds is 7. The molecule has 1 N–H and O–H groups in total. The van der Waals surface area contributed by atoms with Crippen LogP contribution in [-0.2, 0) is 14.8 Å². The number of hydrogen-bond donors (Lipinski definition) is 1. The Bertz CT molecular complexity index is 332. The summed E-state index contributed by atoms with van der Waals surface area (Å²) in [5, 5.41) is 3.28. The van der Waals surface area contributed by atoms with Crippen LogP contribution in [0, 0.1) is 5.92 Å². The summed E-state index contributed by atoms with van der Waals surface area (Å²) in [6, 6.07) is 0.438. The first-order valence-corrected chi connectivity index (χ1v) is 8.38. The highest BCUT2D eigenvalue weighted by molar-refractivity contribution is 7.89. The highest BCUT2D eigenvalue weighted by atomic mass is 32.2. The van der Waals surface area contributed by atoms with Gasteiger partial charge in [-0.05, 0) is 26.3 Å². The van der Waals surface area contributed by atoms with E-state index in [1.807, 2.05) is 14.0 Å². The molecular weight excluding hydrogens is 252 g/mol. The summed E-state index contributed by atoms with van der Waals surface area (Å²) in [6.45, 7) is 6.10. The molecule has 0 aromatic heterocycles. The smallest absolute Gasteiger partial charge is 0.216 e. The van der Waals surface area contributed by atoms with Gasteiger partial charge in [0.2, 0.25) is 10.0 Å². The van der Waals surface area contributed by atoms with Gasteiger partial charge in [0.15, 0.2) is 0 Å². The second-order valence-electron chi connectivity index (χ2n) is 4.72. The molecule has 5 nitrogen and oxygen atoms in total. The predicted octanol–water partition coefficient (Wildman–Crippen LogP) is 0.673. The minimum Gasteiger partial charge on any atom is -0.381 e. The highest BCUT2D eigenvalue weighted by Gasteiger charge is 2.32. The maximum absolute atomic E-state index is 12.1. The Labute approximate surface area is 111 Å². The molecule has 0 bridgehead atoms. The molecule has 0 aromatic rings. The lowest BCUT2D eigenvalue weighted by molar-refractivity contribution is 0.160. The number of ether oxygens (including phenoxy) is 1. The maximum atomic E-state index is 12.1. The molecule has 0 amide bonds. The number of nitrogens with zero attached hydrogens (tertiary/aromatic N) is 1. The molecule has 6 heteroatoms. The molecule has 0 spiro atoms. The van der Waals surface area contributed by atoms with Crippen molar-refractivity contribution in [3.8, 4) is 0 Å². The predicted molar refractivity (Wildman–Crippen MR) is 73.1 cm³/mol. The Kier molecular flexibility index (Phi) is 6.55. The van der Waals surface area contributed by atoms with E-state index in [2.05, 4.69) is 12.2 Å². The van der Waals surface area contributed by atoms with Gasteiger partial charge in [0.05, 0.1) is 12.4 Å². The molecular formula is C12H26N2O3S. The Morgan fingerprint density at radius 2 is 2.11 bits per heavy atom. The average molecular weight is 278 g/mol. The lowest BCUT2D eigenvalue weighted by atomic mass is 9.91. The molecule has 1 rings (SSSR count). The van der Waals surface area contributed by atoms with E-state index in [9.17, 15) is 8.42 Å². The summed E-state index contributed by atoms with van der Waals surface area (Å²) >= 11 is 0. The molecule has 2 atom stereocenters. The van der Waals surface area contributed by atoms with Crippen LogP contribution in [-0.4, -0.2) is 57.9 Å². The molecule has 0 aliphatic carbocycles. The Hall–Kier alpha value is -0.170. The molecule has 18 heavy (non-hydrogen) atoms. The zero-order chi connectivity index (χ0) is 13.6. The van der Waals surface area contributed by atoms with E-state index >= 15 is 0 Å². The van der Waals surface area contributed by atoms with Gasteiger partial charge in [-0.2, -0.15) is 0 Å². The van der Waals surface area contributed by atoms with E-state index in [0.717, 1.165) is 12.8 Å². The van der Waals surface area contributed by atoms with Crippen LogP contribution in [0.3, 0.4) is 0 Å². The second-order valence-corrected chi connectivity index (χ2v) is 6.81.